The maximum absolute atomic E-state index is 10.5. The largest absolute Gasteiger partial charge is 0.508 e. The fraction of sp³-hybridized carbons (Fsp3) is 0.484. The van der Waals surface area contributed by atoms with Crippen molar-refractivity contribution >= 4 is 22.3 Å². The lowest BCUT2D eigenvalue weighted by Gasteiger charge is -2.38. The Morgan fingerprint density at radius 3 is 2.67 bits per heavy atom. The molecule has 4 aliphatic heterocycles. The van der Waals surface area contributed by atoms with Crippen LogP contribution in [0.4, 0.5) is 11.5 Å². The molecule has 0 amide bonds. The molecule has 2 aromatic carbocycles. The van der Waals surface area contributed by atoms with Crippen molar-refractivity contribution in [2.45, 2.75) is 56.8 Å². The molecule has 3 saturated heterocycles. The number of phenols is 1. The molecule has 0 aliphatic carbocycles. The fourth-order valence-electron chi connectivity index (χ4n) is 7.15. The number of likely N-dealkylation sites (N-methyl/N-ethyl adjacent to an activating group) is 1. The third-order valence-corrected chi connectivity index (χ3v) is 9.22. The van der Waals surface area contributed by atoms with E-state index in [1.807, 2.05) is 30.3 Å². The molecule has 0 spiro atoms. The van der Waals surface area contributed by atoms with Gasteiger partial charge in [0, 0.05) is 72.6 Å². The van der Waals surface area contributed by atoms with Crippen molar-refractivity contribution in [3.8, 4) is 17.7 Å². The van der Waals surface area contributed by atoms with Gasteiger partial charge in [0.25, 0.3) is 0 Å². The van der Waals surface area contributed by atoms with E-state index in [4.69, 9.17) is 9.72 Å². The van der Waals surface area contributed by atoms with Crippen LogP contribution in [0.5, 0.6) is 11.6 Å². The van der Waals surface area contributed by atoms with E-state index in [1.165, 1.54) is 24.8 Å². The summed E-state index contributed by atoms with van der Waals surface area (Å²) < 4.78 is 6.40. The van der Waals surface area contributed by atoms with Crippen LogP contribution in [-0.4, -0.2) is 72.9 Å². The van der Waals surface area contributed by atoms with Crippen molar-refractivity contribution in [2.24, 2.45) is 0 Å². The lowest BCUT2D eigenvalue weighted by molar-refractivity contribution is 0.192. The summed E-state index contributed by atoms with van der Waals surface area (Å²) in [4.78, 5) is 12.2. The SMILES string of the molecule is CN1CCC[C@H]1COc1nc(N2C[C@@H]3CC[C@@H](C2)N3)c2c(c1C#N)CN(c1cc(O)cc3ccccc13)CC2. The number of aromatic hydroxyl groups is 1. The molecule has 5 heterocycles. The van der Waals surface area contributed by atoms with Gasteiger partial charge in [0.1, 0.15) is 29.8 Å². The van der Waals surface area contributed by atoms with E-state index in [0.29, 0.717) is 42.7 Å². The first-order valence-electron chi connectivity index (χ1n) is 14.3. The van der Waals surface area contributed by atoms with Crippen LogP contribution in [0.2, 0.25) is 0 Å². The summed E-state index contributed by atoms with van der Waals surface area (Å²) in [6.07, 6.45) is 5.48. The monoisotopic (exact) mass is 524 g/mol. The number of phenolic OH excluding ortho intramolecular Hbond substituents is 1. The number of nitrogens with one attached hydrogen (secondary N) is 1. The summed E-state index contributed by atoms with van der Waals surface area (Å²) in [7, 11) is 2.14. The first-order chi connectivity index (χ1) is 19.1. The molecule has 0 unspecified atom stereocenters. The Morgan fingerprint density at radius 1 is 1.08 bits per heavy atom. The second kappa shape index (κ2) is 9.89. The van der Waals surface area contributed by atoms with Gasteiger partial charge in [-0.2, -0.15) is 10.2 Å². The lowest BCUT2D eigenvalue weighted by Crippen LogP contribution is -2.52. The minimum Gasteiger partial charge on any atom is -0.508 e. The second-order valence-electron chi connectivity index (χ2n) is 11.7. The Kier molecular flexibility index (Phi) is 6.21. The normalized spacial score (nSPS) is 24.7. The first kappa shape index (κ1) is 24.5. The van der Waals surface area contributed by atoms with Crippen LogP contribution >= 0.6 is 0 Å². The topological polar surface area (TPSA) is 87.9 Å². The number of ether oxygens (including phenoxy) is 1. The van der Waals surface area contributed by atoms with E-state index in [1.54, 1.807) is 0 Å². The summed E-state index contributed by atoms with van der Waals surface area (Å²) in [6.45, 7) is 4.88. The highest BCUT2D eigenvalue weighted by Crippen LogP contribution is 2.40. The van der Waals surface area contributed by atoms with E-state index in [0.717, 1.165) is 66.9 Å². The van der Waals surface area contributed by atoms with Gasteiger partial charge < -0.3 is 29.9 Å². The molecular weight excluding hydrogens is 488 g/mol. The van der Waals surface area contributed by atoms with Crippen LogP contribution < -0.4 is 19.9 Å². The van der Waals surface area contributed by atoms with Crippen LogP contribution in [0.1, 0.15) is 42.4 Å². The van der Waals surface area contributed by atoms with E-state index >= 15 is 0 Å². The van der Waals surface area contributed by atoms with Crippen LogP contribution in [0, 0.1) is 11.3 Å². The Morgan fingerprint density at radius 2 is 1.90 bits per heavy atom. The highest BCUT2D eigenvalue weighted by molar-refractivity contribution is 5.95. The van der Waals surface area contributed by atoms with Gasteiger partial charge in [-0.1, -0.05) is 24.3 Å². The average Bonchev–Trinajstić information content (AvgIpc) is 3.53. The number of hydrogen-bond acceptors (Lipinski definition) is 8. The molecular formula is C31H36N6O2. The number of nitriles is 1. The fourth-order valence-corrected chi connectivity index (χ4v) is 7.15. The molecule has 0 radical (unpaired) electrons. The number of anilines is 2. The molecule has 2 N–H and O–H groups in total. The first-order valence-corrected chi connectivity index (χ1v) is 14.3. The maximum atomic E-state index is 10.5. The molecule has 0 saturated carbocycles. The van der Waals surface area contributed by atoms with Gasteiger partial charge in [-0.15, -0.1) is 0 Å². The molecule has 3 atom stereocenters. The number of rotatable bonds is 5. The summed E-state index contributed by atoms with van der Waals surface area (Å²) in [5.41, 5.74) is 3.75. The van der Waals surface area contributed by atoms with Gasteiger partial charge in [0.15, 0.2) is 0 Å². The zero-order chi connectivity index (χ0) is 26.5. The van der Waals surface area contributed by atoms with Gasteiger partial charge in [-0.25, -0.2) is 0 Å². The molecule has 3 aromatic rings. The van der Waals surface area contributed by atoms with Crippen LogP contribution in [0.3, 0.4) is 0 Å². The molecule has 8 nitrogen and oxygen atoms in total. The highest BCUT2D eigenvalue weighted by atomic mass is 16.5. The Labute approximate surface area is 229 Å². The summed E-state index contributed by atoms with van der Waals surface area (Å²) in [5, 5.41) is 26.8. The molecule has 202 valence electrons. The molecule has 4 aliphatic rings. The van der Waals surface area contributed by atoms with Crippen molar-refractivity contribution in [3.05, 3.63) is 53.1 Å². The van der Waals surface area contributed by atoms with Gasteiger partial charge >= 0.3 is 0 Å². The van der Waals surface area contributed by atoms with Crippen LogP contribution in [0.15, 0.2) is 36.4 Å². The van der Waals surface area contributed by atoms with Gasteiger partial charge in [-0.05, 0) is 57.1 Å². The van der Waals surface area contributed by atoms with Gasteiger partial charge in [0.05, 0.1) is 0 Å². The molecule has 7 rings (SSSR count). The third-order valence-electron chi connectivity index (χ3n) is 9.22. The van der Waals surface area contributed by atoms with Crippen molar-refractivity contribution < 1.29 is 9.84 Å². The van der Waals surface area contributed by atoms with Crippen molar-refractivity contribution in [1.82, 2.24) is 15.2 Å². The van der Waals surface area contributed by atoms with E-state index < -0.39 is 0 Å². The number of benzene rings is 2. The number of fused-ring (bicyclic) bond motifs is 4. The Balaban J connectivity index is 1.29. The molecule has 3 fully saturated rings. The smallest absolute Gasteiger partial charge is 0.234 e. The number of nitrogens with zero attached hydrogens (tertiary/aromatic N) is 5. The number of hydrogen-bond donors (Lipinski definition) is 2. The Hall–Kier alpha value is -3.54. The van der Waals surface area contributed by atoms with E-state index in [9.17, 15) is 10.4 Å². The lowest BCUT2D eigenvalue weighted by atomic mass is 9.94. The highest BCUT2D eigenvalue weighted by Gasteiger charge is 2.36. The van der Waals surface area contributed by atoms with Crippen LogP contribution in [-0.2, 0) is 13.0 Å². The van der Waals surface area contributed by atoms with Crippen molar-refractivity contribution in [2.75, 3.05) is 49.6 Å². The predicted molar refractivity (Wildman–Crippen MR) is 153 cm³/mol. The standard InChI is InChI=1S/C31H36N6O2/c1-35-11-4-6-23(35)19-39-31-27(15-32)28-18-36(29-14-24(38)13-20-5-2-3-7-25(20)29)12-10-26(28)30(34-31)37-16-21-8-9-22(17-37)33-21/h2-3,5,7,13-14,21-23,33,38H,4,6,8-12,16-19H2,1H3/t21-,22-,23-/m0/s1. The van der Waals surface area contributed by atoms with E-state index in [-0.39, 0.29) is 5.75 Å². The zero-order valence-corrected chi connectivity index (χ0v) is 22.6. The average molecular weight is 525 g/mol. The minimum absolute atomic E-state index is 0.256. The Bertz CT molecular complexity index is 1440. The number of piperazine rings is 1. The molecule has 39 heavy (non-hydrogen) atoms. The number of likely N-dealkylation sites (tertiary alicyclic amines) is 1. The summed E-state index contributed by atoms with van der Waals surface area (Å²) in [6, 6.07) is 15.6. The molecule has 1 aromatic heterocycles. The summed E-state index contributed by atoms with van der Waals surface area (Å²) >= 11 is 0. The second-order valence-corrected chi connectivity index (χ2v) is 11.7. The van der Waals surface area contributed by atoms with Crippen molar-refractivity contribution in [3.63, 3.8) is 0 Å². The number of pyridine rings is 1. The van der Waals surface area contributed by atoms with Gasteiger partial charge in [-0.3, -0.25) is 0 Å². The maximum Gasteiger partial charge on any atom is 0.234 e. The number of aromatic nitrogens is 1. The predicted octanol–water partition coefficient (Wildman–Crippen LogP) is 3.79. The van der Waals surface area contributed by atoms with Crippen LogP contribution in [0.25, 0.3) is 10.8 Å². The third kappa shape index (κ3) is 4.44. The van der Waals surface area contributed by atoms with E-state index in [2.05, 4.69) is 39.2 Å². The molecule has 8 heteroatoms. The van der Waals surface area contributed by atoms with Crippen molar-refractivity contribution in [1.29, 1.82) is 5.26 Å². The molecule has 2 bridgehead atoms. The zero-order valence-electron chi connectivity index (χ0n) is 22.6. The minimum atomic E-state index is 0.256. The summed E-state index contributed by atoms with van der Waals surface area (Å²) in [5.74, 6) is 1.73. The van der Waals surface area contributed by atoms with Gasteiger partial charge in [0.2, 0.25) is 5.88 Å². The quantitative estimate of drug-likeness (QED) is 0.521.